The molecule has 1 unspecified atom stereocenters. The van der Waals surface area contributed by atoms with E-state index in [1.807, 2.05) is 0 Å². The molecule has 0 saturated carbocycles. The van der Waals surface area contributed by atoms with Crippen molar-refractivity contribution in [1.82, 2.24) is 0 Å². The molecule has 0 bridgehead atoms. The monoisotopic (exact) mass is 358 g/mol. The summed E-state index contributed by atoms with van der Waals surface area (Å²) in [6.07, 6.45) is 21.6. The summed E-state index contributed by atoms with van der Waals surface area (Å²) in [5, 5.41) is 8.93. The van der Waals surface area contributed by atoms with E-state index in [1.165, 1.54) is 96.3 Å². The Morgan fingerprint density at radius 3 is 1.36 bits per heavy atom. The number of hydrogen-bond donors (Lipinski definition) is 1. The van der Waals surface area contributed by atoms with Crippen molar-refractivity contribution in [2.75, 3.05) is 19.8 Å². The molecule has 152 valence electrons. The van der Waals surface area contributed by atoms with Crippen molar-refractivity contribution in [1.29, 1.82) is 0 Å². The van der Waals surface area contributed by atoms with E-state index >= 15 is 0 Å². The maximum absolute atomic E-state index is 8.93. The maximum atomic E-state index is 8.93. The predicted octanol–water partition coefficient (Wildman–Crippen LogP) is 6.62. The first-order valence-corrected chi connectivity index (χ1v) is 11.1. The average Bonchev–Trinajstić information content (AvgIpc) is 2.60. The molecule has 25 heavy (non-hydrogen) atoms. The van der Waals surface area contributed by atoms with Crippen LogP contribution in [0.1, 0.15) is 117 Å². The van der Waals surface area contributed by atoms with Crippen LogP contribution in [0.5, 0.6) is 0 Å². The summed E-state index contributed by atoms with van der Waals surface area (Å²) in [4.78, 5) is 0. The number of aliphatic hydroxyl groups is 1. The van der Waals surface area contributed by atoms with Gasteiger partial charge in [0.05, 0.1) is 13.2 Å². The van der Waals surface area contributed by atoms with E-state index in [-0.39, 0.29) is 0 Å². The molecule has 1 N–H and O–H groups in total. The fraction of sp³-hybridized carbons (Fsp3) is 1.00. The second-order valence-electron chi connectivity index (χ2n) is 7.39. The maximum Gasteiger partial charge on any atom is 0.151 e. The fourth-order valence-corrected chi connectivity index (χ4v) is 3.13. The average molecular weight is 359 g/mol. The molecule has 0 aliphatic heterocycles. The third-order valence-electron chi connectivity index (χ3n) is 4.73. The molecule has 0 aromatic carbocycles. The number of ether oxygens (including phenoxy) is 2. The topological polar surface area (TPSA) is 38.7 Å². The van der Waals surface area contributed by atoms with Gasteiger partial charge in [0.15, 0.2) is 6.29 Å². The van der Waals surface area contributed by atoms with E-state index in [1.54, 1.807) is 6.92 Å². The largest absolute Gasteiger partial charge is 0.379 e. The van der Waals surface area contributed by atoms with Crippen molar-refractivity contribution in [2.45, 2.75) is 123 Å². The Kier molecular flexibility index (Phi) is 21.8. The predicted molar refractivity (Wildman–Crippen MR) is 108 cm³/mol. The molecule has 0 spiro atoms. The van der Waals surface area contributed by atoms with Gasteiger partial charge in [0, 0.05) is 6.61 Å². The van der Waals surface area contributed by atoms with E-state index in [4.69, 9.17) is 14.6 Å². The highest BCUT2D eigenvalue weighted by atomic mass is 16.6. The lowest BCUT2D eigenvalue weighted by molar-refractivity contribution is -0.0994. The molecule has 0 radical (unpaired) electrons. The minimum Gasteiger partial charge on any atom is -0.379 e. The molecule has 0 aliphatic carbocycles. The summed E-state index contributed by atoms with van der Waals surface area (Å²) in [6, 6.07) is 0. The van der Waals surface area contributed by atoms with Crippen LogP contribution in [0.4, 0.5) is 0 Å². The minimum absolute atomic E-state index is 0.483. The lowest BCUT2D eigenvalue weighted by Crippen LogP contribution is -2.12. The van der Waals surface area contributed by atoms with Crippen LogP contribution >= 0.6 is 0 Å². The molecule has 0 aromatic heterocycles. The highest BCUT2D eigenvalue weighted by molar-refractivity contribution is 4.50. The van der Waals surface area contributed by atoms with Gasteiger partial charge in [0.25, 0.3) is 0 Å². The van der Waals surface area contributed by atoms with Crippen molar-refractivity contribution in [3.05, 3.63) is 0 Å². The quantitative estimate of drug-likeness (QED) is 0.185. The van der Waals surface area contributed by atoms with Crippen LogP contribution in [0.3, 0.4) is 0 Å². The van der Waals surface area contributed by atoms with E-state index in [9.17, 15) is 0 Å². The second kappa shape index (κ2) is 21.9. The summed E-state index contributed by atoms with van der Waals surface area (Å²) >= 11 is 0. The van der Waals surface area contributed by atoms with Gasteiger partial charge in [-0.05, 0) is 13.3 Å². The van der Waals surface area contributed by atoms with Gasteiger partial charge in [-0.1, -0.05) is 103 Å². The number of aliphatic hydroxyl groups excluding tert-OH is 1. The Labute approximate surface area is 157 Å². The molecule has 0 rings (SSSR count). The Bertz CT molecular complexity index is 231. The van der Waals surface area contributed by atoms with Crippen LogP contribution in [0.25, 0.3) is 0 Å². The standard InChI is InChI=1S/C22H46O3/c1-3-4-5-6-7-8-9-10-11-12-13-14-15-16-17-18-19-24-20-21-25-22(2)23/h22-23H,3-21H2,1-2H3. The van der Waals surface area contributed by atoms with Gasteiger partial charge in [-0.15, -0.1) is 0 Å². The highest BCUT2D eigenvalue weighted by Gasteiger charge is 1.96. The third-order valence-corrected chi connectivity index (χ3v) is 4.73. The van der Waals surface area contributed by atoms with Gasteiger partial charge in [0.1, 0.15) is 0 Å². The molecule has 1 atom stereocenters. The van der Waals surface area contributed by atoms with E-state index in [0.717, 1.165) is 13.0 Å². The van der Waals surface area contributed by atoms with Crippen LogP contribution in [0, 0.1) is 0 Å². The van der Waals surface area contributed by atoms with E-state index in [2.05, 4.69) is 6.92 Å². The van der Waals surface area contributed by atoms with Crippen LogP contribution in [-0.2, 0) is 9.47 Å². The molecule has 0 aromatic rings. The number of hydrogen-bond acceptors (Lipinski definition) is 3. The molecule has 0 amide bonds. The summed E-state index contributed by atoms with van der Waals surface area (Å²) in [7, 11) is 0. The Morgan fingerprint density at radius 1 is 0.560 bits per heavy atom. The number of rotatable bonds is 21. The molecular formula is C22H46O3. The van der Waals surface area contributed by atoms with E-state index in [0.29, 0.717) is 13.2 Å². The first-order valence-electron chi connectivity index (χ1n) is 11.1. The van der Waals surface area contributed by atoms with Gasteiger partial charge < -0.3 is 14.6 Å². The van der Waals surface area contributed by atoms with Crippen molar-refractivity contribution < 1.29 is 14.6 Å². The van der Waals surface area contributed by atoms with Crippen LogP contribution in [0.2, 0.25) is 0 Å². The molecule has 0 heterocycles. The SMILES string of the molecule is CCCCCCCCCCCCCCCCCCOCCOC(C)O. The van der Waals surface area contributed by atoms with Gasteiger partial charge in [-0.2, -0.15) is 0 Å². The Morgan fingerprint density at radius 2 is 0.960 bits per heavy atom. The Hall–Kier alpha value is -0.120. The molecule has 0 aliphatic rings. The zero-order valence-electron chi connectivity index (χ0n) is 17.3. The first-order chi connectivity index (χ1) is 12.3. The van der Waals surface area contributed by atoms with E-state index < -0.39 is 6.29 Å². The summed E-state index contributed by atoms with van der Waals surface area (Å²) in [6.45, 7) is 5.80. The third kappa shape index (κ3) is 23.9. The van der Waals surface area contributed by atoms with Gasteiger partial charge >= 0.3 is 0 Å². The molecular weight excluding hydrogens is 312 g/mol. The summed E-state index contributed by atoms with van der Waals surface area (Å²) in [5.41, 5.74) is 0. The fourth-order valence-electron chi connectivity index (χ4n) is 3.13. The minimum atomic E-state index is -0.681. The molecule has 0 fully saturated rings. The van der Waals surface area contributed by atoms with Gasteiger partial charge in [0.2, 0.25) is 0 Å². The zero-order chi connectivity index (χ0) is 18.4. The van der Waals surface area contributed by atoms with Gasteiger partial charge in [-0.3, -0.25) is 0 Å². The Balaban J connectivity index is 2.96. The normalized spacial score (nSPS) is 12.6. The molecule has 0 saturated heterocycles. The van der Waals surface area contributed by atoms with Crippen molar-refractivity contribution in [3.8, 4) is 0 Å². The lowest BCUT2D eigenvalue weighted by atomic mass is 10.0. The van der Waals surface area contributed by atoms with Crippen molar-refractivity contribution >= 4 is 0 Å². The molecule has 3 heteroatoms. The number of unbranched alkanes of at least 4 members (excludes halogenated alkanes) is 15. The first kappa shape index (κ1) is 24.9. The highest BCUT2D eigenvalue weighted by Crippen LogP contribution is 2.13. The smallest absolute Gasteiger partial charge is 0.151 e. The lowest BCUT2D eigenvalue weighted by Gasteiger charge is -2.07. The second-order valence-corrected chi connectivity index (χ2v) is 7.39. The summed E-state index contributed by atoms with van der Waals surface area (Å²) < 4.78 is 10.5. The zero-order valence-corrected chi connectivity index (χ0v) is 17.3. The molecule has 3 nitrogen and oxygen atoms in total. The van der Waals surface area contributed by atoms with Crippen molar-refractivity contribution in [3.63, 3.8) is 0 Å². The van der Waals surface area contributed by atoms with Crippen LogP contribution in [-0.4, -0.2) is 31.2 Å². The summed E-state index contributed by atoms with van der Waals surface area (Å²) in [5.74, 6) is 0. The van der Waals surface area contributed by atoms with Crippen LogP contribution < -0.4 is 0 Å². The van der Waals surface area contributed by atoms with Gasteiger partial charge in [-0.25, -0.2) is 0 Å². The van der Waals surface area contributed by atoms with Crippen LogP contribution in [0.15, 0.2) is 0 Å². The van der Waals surface area contributed by atoms with Crippen molar-refractivity contribution in [2.24, 2.45) is 0 Å².